The summed E-state index contributed by atoms with van der Waals surface area (Å²) in [6, 6.07) is 1.28. The van der Waals surface area contributed by atoms with Gasteiger partial charge < -0.3 is 41.0 Å². The second-order valence-corrected chi connectivity index (χ2v) is 11.6. The number of amides is 1. The molecule has 4 aliphatic carbocycles. The Hall–Kier alpha value is -1.86. The molecule has 4 atom stereocenters. The number of likely N-dealkylation sites (tertiary alicyclic amines) is 1. The van der Waals surface area contributed by atoms with Crippen molar-refractivity contribution in [2.75, 3.05) is 19.6 Å². The van der Waals surface area contributed by atoms with Gasteiger partial charge in [0.1, 0.15) is 12.1 Å². The molecule has 0 aromatic carbocycles. The summed E-state index contributed by atoms with van der Waals surface area (Å²) >= 11 is 0. The maximum Gasteiger partial charge on any atom is 0.320 e. The lowest BCUT2D eigenvalue weighted by Crippen LogP contribution is -2.65. The molecule has 13 nitrogen and oxygen atoms in total. The number of nitriles is 1. The van der Waals surface area contributed by atoms with Crippen LogP contribution >= 0.6 is 0 Å². The first-order chi connectivity index (χ1) is 17.2. The van der Waals surface area contributed by atoms with Gasteiger partial charge in [0, 0.05) is 22.5 Å². The number of nitrogens with two attached hydrogens (primary N) is 2. The van der Waals surface area contributed by atoms with Crippen molar-refractivity contribution in [1.29, 1.82) is 5.26 Å². The van der Waals surface area contributed by atoms with E-state index in [0.717, 1.165) is 57.8 Å². The second kappa shape index (κ2) is 13.3. The molecule has 4 bridgehead atoms. The fourth-order valence-corrected chi connectivity index (χ4v) is 6.62. The molecule has 2 unspecified atom stereocenters. The van der Waals surface area contributed by atoms with E-state index in [4.69, 9.17) is 39.4 Å². The van der Waals surface area contributed by atoms with Crippen LogP contribution < -0.4 is 16.8 Å². The molecule has 0 spiro atoms. The molecule has 0 aromatic rings. The minimum atomic E-state index is -5.17. The molecule has 1 aliphatic heterocycles. The summed E-state index contributed by atoms with van der Waals surface area (Å²) in [6.07, 6.45) is 10.0. The van der Waals surface area contributed by atoms with E-state index >= 15 is 0 Å². The van der Waals surface area contributed by atoms with Crippen molar-refractivity contribution in [2.24, 2.45) is 23.3 Å². The Morgan fingerprint density at radius 1 is 1.19 bits per heavy atom. The standard InChI is InChI=1S/C17H25N3O2.C6H14N2O2.H2O4S/c18-9-14-2-1-3-20(14)15(21)10-19-16-5-12-4-13(6-16)8-17(22,7-12)11-16;7-4-2-1-3-5(8)6(9)10;1-5(2,3)4/h12-14,19,22H,1-8,10-11H2;5H,1-4,7-8H2,(H,9,10);(H2,1,2,3,4)/p-2/t12?,13?,14-,16?,17?;5-;/m01./s1. The predicted molar refractivity (Wildman–Crippen MR) is 130 cm³/mol. The molecule has 5 rings (SSSR count). The molecule has 4 saturated carbocycles. The highest BCUT2D eigenvalue weighted by atomic mass is 32.3. The van der Waals surface area contributed by atoms with Crippen molar-refractivity contribution < 1.29 is 37.3 Å². The van der Waals surface area contributed by atoms with Crippen LogP contribution in [0.5, 0.6) is 0 Å². The van der Waals surface area contributed by atoms with Crippen LogP contribution in [0.1, 0.15) is 70.6 Å². The van der Waals surface area contributed by atoms with E-state index in [0.29, 0.717) is 37.9 Å². The van der Waals surface area contributed by atoms with E-state index < -0.39 is 28.0 Å². The summed E-state index contributed by atoms with van der Waals surface area (Å²) < 4.78 is 34.1. The molecule has 212 valence electrons. The van der Waals surface area contributed by atoms with Crippen molar-refractivity contribution >= 4 is 22.3 Å². The SMILES string of the molecule is N#C[C@@H]1CCCN1C(=O)CNC12CC3CC(CC(O)(C3)C1)C2.NCCCC[C@@H](N)C(=O)O.O=S(=O)([O-])[O-]. The normalized spacial score (nSPS) is 32.4. The highest BCUT2D eigenvalue weighted by molar-refractivity contribution is 7.79. The Morgan fingerprint density at radius 2 is 1.78 bits per heavy atom. The molecule has 37 heavy (non-hydrogen) atoms. The first-order valence-electron chi connectivity index (χ1n) is 12.7. The fourth-order valence-electron chi connectivity index (χ4n) is 6.62. The summed E-state index contributed by atoms with van der Waals surface area (Å²) in [5.74, 6) is 0.351. The van der Waals surface area contributed by atoms with E-state index in [1.807, 2.05) is 0 Å². The largest absolute Gasteiger partial charge is 0.759 e. The van der Waals surface area contributed by atoms with Gasteiger partial charge in [-0.1, -0.05) is 6.42 Å². The Bertz CT molecular complexity index is 918. The van der Waals surface area contributed by atoms with E-state index in [1.165, 1.54) is 6.42 Å². The van der Waals surface area contributed by atoms with Gasteiger partial charge in [0.05, 0.1) is 18.2 Å². The number of aliphatic hydroxyl groups is 1. The van der Waals surface area contributed by atoms with Gasteiger partial charge in [0.25, 0.3) is 0 Å². The Morgan fingerprint density at radius 3 is 2.27 bits per heavy atom. The Kier molecular flexibility index (Phi) is 11.3. The van der Waals surface area contributed by atoms with E-state index in [1.54, 1.807) is 4.90 Å². The van der Waals surface area contributed by atoms with Gasteiger partial charge in [-0.25, -0.2) is 0 Å². The average molecular weight is 546 g/mol. The minimum Gasteiger partial charge on any atom is -0.759 e. The molecule has 5 fully saturated rings. The van der Waals surface area contributed by atoms with Gasteiger partial charge in [-0.2, -0.15) is 5.26 Å². The zero-order valence-corrected chi connectivity index (χ0v) is 21.8. The number of carbonyl (C=O) groups is 2. The molecular formula is C23H39N5O8S-2. The molecule has 1 heterocycles. The number of carbonyl (C=O) groups excluding carboxylic acids is 1. The van der Waals surface area contributed by atoms with Crippen LogP contribution in [0.2, 0.25) is 0 Å². The van der Waals surface area contributed by atoms with Gasteiger partial charge in [-0.15, -0.1) is 0 Å². The zero-order valence-electron chi connectivity index (χ0n) is 21.0. The number of carboxylic acid groups (broad SMARTS) is 1. The number of aliphatic carboxylic acids is 1. The fraction of sp³-hybridized carbons (Fsp3) is 0.870. The first-order valence-corrected chi connectivity index (χ1v) is 14.0. The van der Waals surface area contributed by atoms with Crippen LogP contribution in [0, 0.1) is 23.2 Å². The summed E-state index contributed by atoms with van der Waals surface area (Å²) in [6.45, 7) is 1.63. The maximum atomic E-state index is 12.4. The third kappa shape index (κ3) is 10.1. The lowest BCUT2D eigenvalue weighted by atomic mass is 9.51. The molecule has 14 heteroatoms. The molecule has 0 aromatic heterocycles. The van der Waals surface area contributed by atoms with E-state index in [9.17, 15) is 14.7 Å². The minimum absolute atomic E-state index is 0.0453. The number of hydrogen-bond acceptors (Lipinski definition) is 11. The number of rotatable bonds is 8. The Labute approximate surface area is 218 Å². The summed E-state index contributed by atoms with van der Waals surface area (Å²) in [5, 5.41) is 31.7. The zero-order chi connectivity index (χ0) is 27.9. The maximum absolute atomic E-state index is 12.4. The molecule has 7 N–H and O–H groups in total. The predicted octanol–water partition coefficient (Wildman–Crippen LogP) is -0.636. The van der Waals surface area contributed by atoms with Gasteiger partial charge >= 0.3 is 5.97 Å². The van der Waals surface area contributed by atoms with Crippen molar-refractivity contribution in [3.05, 3.63) is 0 Å². The number of nitrogens with zero attached hydrogens (tertiary/aromatic N) is 2. The quantitative estimate of drug-likeness (QED) is 0.145. The number of nitrogens with one attached hydrogen (secondary N) is 1. The molecule has 0 radical (unpaired) electrons. The van der Waals surface area contributed by atoms with Crippen LogP contribution in [0.4, 0.5) is 0 Å². The van der Waals surface area contributed by atoms with Crippen LogP contribution in [0.3, 0.4) is 0 Å². The second-order valence-electron chi connectivity index (χ2n) is 10.8. The average Bonchev–Trinajstić information content (AvgIpc) is 3.24. The van der Waals surface area contributed by atoms with E-state index in [2.05, 4.69) is 11.4 Å². The number of unbranched alkanes of at least 4 members (excludes halogenated alkanes) is 1. The summed E-state index contributed by atoms with van der Waals surface area (Å²) in [4.78, 5) is 24.3. The van der Waals surface area contributed by atoms with Gasteiger partial charge in [0.15, 0.2) is 0 Å². The van der Waals surface area contributed by atoms with Crippen molar-refractivity contribution in [3.63, 3.8) is 0 Å². The topological polar surface area (TPSA) is 246 Å². The molecule has 1 amide bonds. The monoisotopic (exact) mass is 545 g/mol. The lowest BCUT2D eigenvalue weighted by Gasteiger charge is -2.60. The van der Waals surface area contributed by atoms with Gasteiger partial charge in [-0.05, 0) is 82.6 Å². The molecule has 5 aliphatic rings. The lowest BCUT2D eigenvalue weighted by molar-refractivity contribution is -0.147. The number of carboxylic acids is 1. The summed E-state index contributed by atoms with van der Waals surface area (Å²) in [7, 11) is -5.17. The van der Waals surface area contributed by atoms with Crippen LogP contribution in [-0.2, 0) is 20.0 Å². The number of hydrogen-bond donors (Lipinski definition) is 5. The van der Waals surface area contributed by atoms with Crippen molar-refractivity contribution in [3.8, 4) is 6.07 Å². The van der Waals surface area contributed by atoms with Crippen LogP contribution in [0.25, 0.3) is 0 Å². The third-order valence-corrected chi connectivity index (χ3v) is 7.65. The Balaban J connectivity index is 0.000000269. The molecular weight excluding hydrogens is 506 g/mol. The van der Waals surface area contributed by atoms with Crippen LogP contribution in [0.15, 0.2) is 0 Å². The molecule has 1 saturated heterocycles. The van der Waals surface area contributed by atoms with Crippen molar-refractivity contribution in [1.82, 2.24) is 10.2 Å². The summed E-state index contributed by atoms with van der Waals surface area (Å²) in [5.41, 5.74) is 9.88. The first kappa shape index (κ1) is 31.4. The highest BCUT2D eigenvalue weighted by Gasteiger charge is 2.57. The smallest absolute Gasteiger partial charge is 0.320 e. The van der Waals surface area contributed by atoms with E-state index in [-0.39, 0.29) is 17.5 Å². The van der Waals surface area contributed by atoms with Gasteiger partial charge in [0.2, 0.25) is 5.91 Å². The van der Waals surface area contributed by atoms with Gasteiger partial charge in [-0.3, -0.25) is 18.0 Å². The third-order valence-electron chi connectivity index (χ3n) is 7.65. The highest BCUT2D eigenvalue weighted by Crippen LogP contribution is 2.57. The van der Waals surface area contributed by atoms with Crippen molar-refractivity contribution in [2.45, 2.75) is 93.9 Å². The van der Waals surface area contributed by atoms with Crippen LogP contribution in [-0.4, -0.2) is 87.4 Å².